The average Bonchev–Trinajstić information content (AvgIpc) is 2.74. The third-order valence-electron chi connectivity index (χ3n) is 2.99. The summed E-state index contributed by atoms with van der Waals surface area (Å²) in [4.78, 5) is 27.0. The maximum Gasteiger partial charge on any atom is 0.320 e. The van der Waals surface area contributed by atoms with E-state index in [0.29, 0.717) is 19.6 Å². The molecule has 1 saturated heterocycles. The van der Waals surface area contributed by atoms with Crippen LogP contribution in [0.25, 0.3) is 0 Å². The van der Waals surface area contributed by atoms with Gasteiger partial charge in [0.1, 0.15) is 0 Å². The minimum absolute atomic E-state index is 0.0231. The molecule has 2 heterocycles. The monoisotopic (exact) mass is 268 g/mol. The van der Waals surface area contributed by atoms with E-state index in [-0.39, 0.29) is 18.4 Å². The second kappa shape index (κ2) is 5.39. The molecule has 0 saturated carbocycles. The van der Waals surface area contributed by atoms with Crippen molar-refractivity contribution < 1.29 is 14.7 Å². The van der Waals surface area contributed by atoms with Crippen LogP contribution in [0, 0.1) is 5.92 Å². The van der Waals surface area contributed by atoms with Gasteiger partial charge in [-0.05, 0) is 11.4 Å². The Labute approximate surface area is 110 Å². The zero-order chi connectivity index (χ0) is 13.1. The standard InChI is InChI=1S/C12H16N2O3S/c1-13(8-10-3-2-4-18-10)12(17)14-6-9(7-14)5-11(15)16/h2-4,9H,5-8H2,1H3,(H,15,16). The average molecular weight is 268 g/mol. The number of carbonyl (C=O) groups excluding carboxylic acids is 1. The molecule has 2 amide bonds. The van der Waals surface area contributed by atoms with E-state index in [1.165, 1.54) is 0 Å². The van der Waals surface area contributed by atoms with E-state index in [4.69, 9.17) is 5.11 Å². The summed E-state index contributed by atoms with van der Waals surface area (Å²) < 4.78 is 0. The Morgan fingerprint density at radius 1 is 1.56 bits per heavy atom. The fourth-order valence-electron chi connectivity index (χ4n) is 2.05. The molecule has 0 unspecified atom stereocenters. The van der Waals surface area contributed by atoms with Gasteiger partial charge < -0.3 is 14.9 Å². The van der Waals surface area contributed by atoms with Crippen LogP contribution < -0.4 is 0 Å². The lowest BCUT2D eigenvalue weighted by molar-refractivity contribution is -0.139. The summed E-state index contributed by atoms with van der Waals surface area (Å²) in [5.41, 5.74) is 0. The molecule has 0 aromatic carbocycles. The Kier molecular flexibility index (Phi) is 3.86. The molecule has 0 atom stereocenters. The van der Waals surface area contributed by atoms with E-state index in [0.717, 1.165) is 4.88 Å². The number of likely N-dealkylation sites (tertiary alicyclic amines) is 1. The molecule has 1 aliphatic rings. The van der Waals surface area contributed by atoms with E-state index in [2.05, 4.69) is 0 Å². The maximum atomic E-state index is 12.0. The Morgan fingerprint density at radius 3 is 2.83 bits per heavy atom. The van der Waals surface area contributed by atoms with Crippen molar-refractivity contribution in [1.29, 1.82) is 0 Å². The number of carboxylic acids is 1. The van der Waals surface area contributed by atoms with Crippen LogP contribution in [0.1, 0.15) is 11.3 Å². The van der Waals surface area contributed by atoms with Crippen LogP contribution in [0.5, 0.6) is 0 Å². The molecule has 0 radical (unpaired) electrons. The molecule has 0 aliphatic carbocycles. The van der Waals surface area contributed by atoms with Crippen molar-refractivity contribution in [1.82, 2.24) is 9.80 Å². The van der Waals surface area contributed by atoms with Crippen LogP contribution in [0.4, 0.5) is 4.79 Å². The number of hydrogen-bond acceptors (Lipinski definition) is 3. The van der Waals surface area contributed by atoms with Gasteiger partial charge in [0.25, 0.3) is 0 Å². The Hall–Kier alpha value is -1.56. The number of thiophene rings is 1. The van der Waals surface area contributed by atoms with Crippen molar-refractivity contribution in [2.24, 2.45) is 5.92 Å². The van der Waals surface area contributed by atoms with Gasteiger partial charge in [-0.25, -0.2) is 4.79 Å². The third-order valence-corrected chi connectivity index (χ3v) is 3.85. The van der Waals surface area contributed by atoms with E-state index in [9.17, 15) is 9.59 Å². The molecular weight excluding hydrogens is 252 g/mol. The first-order chi connectivity index (χ1) is 8.56. The Morgan fingerprint density at radius 2 is 2.28 bits per heavy atom. The second-order valence-electron chi connectivity index (χ2n) is 4.59. The molecule has 1 fully saturated rings. The Bertz CT molecular complexity index is 427. The molecule has 1 aliphatic heterocycles. The molecule has 1 aromatic heterocycles. The maximum absolute atomic E-state index is 12.0. The highest BCUT2D eigenvalue weighted by atomic mass is 32.1. The first kappa shape index (κ1) is 12.9. The summed E-state index contributed by atoms with van der Waals surface area (Å²) >= 11 is 1.62. The third kappa shape index (κ3) is 3.01. The summed E-state index contributed by atoms with van der Waals surface area (Å²) in [6.07, 6.45) is 0.151. The van der Waals surface area contributed by atoms with Crippen LogP contribution in [0.3, 0.4) is 0 Å². The molecule has 5 nitrogen and oxygen atoms in total. The van der Waals surface area contributed by atoms with Crippen molar-refractivity contribution in [2.45, 2.75) is 13.0 Å². The molecule has 6 heteroatoms. The highest BCUT2D eigenvalue weighted by molar-refractivity contribution is 7.09. The smallest absolute Gasteiger partial charge is 0.320 e. The first-order valence-corrected chi connectivity index (χ1v) is 6.68. The van der Waals surface area contributed by atoms with Gasteiger partial charge in [-0.1, -0.05) is 6.07 Å². The number of nitrogens with zero attached hydrogens (tertiary/aromatic N) is 2. The number of hydrogen-bond donors (Lipinski definition) is 1. The molecule has 2 rings (SSSR count). The molecule has 98 valence electrons. The Balaban J connectivity index is 1.77. The zero-order valence-electron chi connectivity index (χ0n) is 10.2. The normalized spacial score (nSPS) is 15.3. The van der Waals surface area contributed by atoms with Gasteiger partial charge in [-0.3, -0.25) is 4.79 Å². The van der Waals surface area contributed by atoms with Crippen LogP contribution in [-0.2, 0) is 11.3 Å². The van der Waals surface area contributed by atoms with E-state index in [1.54, 1.807) is 28.2 Å². The number of amides is 2. The van der Waals surface area contributed by atoms with Gasteiger partial charge in [-0.15, -0.1) is 11.3 Å². The van der Waals surface area contributed by atoms with Crippen molar-refractivity contribution in [3.05, 3.63) is 22.4 Å². The summed E-state index contributed by atoms with van der Waals surface area (Å²) in [5, 5.41) is 10.6. The van der Waals surface area contributed by atoms with Crippen LogP contribution in [0.15, 0.2) is 17.5 Å². The zero-order valence-corrected chi connectivity index (χ0v) is 11.0. The first-order valence-electron chi connectivity index (χ1n) is 5.80. The van der Waals surface area contributed by atoms with Gasteiger partial charge in [0.2, 0.25) is 0 Å². The minimum Gasteiger partial charge on any atom is -0.481 e. The summed E-state index contributed by atoms with van der Waals surface area (Å²) in [6, 6.07) is 3.94. The predicted molar refractivity (Wildman–Crippen MR) is 68.5 cm³/mol. The molecule has 1 aromatic rings. The number of carbonyl (C=O) groups is 2. The highest BCUT2D eigenvalue weighted by Gasteiger charge is 2.33. The van der Waals surface area contributed by atoms with Crippen molar-refractivity contribution in [2.75, 3.05) is 20.1 Å². The van der Waals surface area contributed by atoms with Crippen LogP contribution in [-0.4, -0.2) is 47.0 Å². The minimum atomic E-state index is -0.793. The van der Waals surface area contributed by atoms with Gasteiger partial charge >= 0.3 is 12.0 Å². The molecule has 18 heavy (non-hydrogen) atoms. The van der Waals surface area contributed by atoms with Gasteiger partial charge in [-0.2, -0.15) is 0 Å². The fourth-order valence-corrected chi connectivity index (χ4v) is 2.80. The number of carboxylic acid groups (broad SMARTS) is 1. The largest absolute Gasteiger partial charge is 0.481 e. The van der Waals surface area contributed by atoms with E-state index >= 15 is 0 Å². The van der Waals surface area contributed by atoms with Gasteiger partial charge in [0, 0.05) is 30.9 Å². The quantitative estimate of drug-likeness (QED) is 0.904. The van der Waals surface area contributed by atoms with Gasteiger partial charge in [0.15, 0.2) is 0 Å². The van der Waals surface area contributed by atoms with E-state index < -0.39 is 5.97 Å². The summed E-state index contributed by atoms with van der Waals surface area (Å²) in [5.74, 6) is -0.680. The van der Waals surface area contributed by atoms with E-state index in [1.807, 2.05) is 17.5 Å². The number of rotatable bonds is 4. The predicted octanol–water partition coefficient (Wildman–Crippen LogP) is 1.71. The lowest BCUT2D eigenvalue weighted by Gasteiger charge is -2.40. The SMILES string of the molecule is CN(Cc1cccs1)C(=O)N1CC(CC(=O)O)C1. The van der Waals surface area contributed by atoms with Crippen molar-refractivity contribution in [3.8, 4) is 0 Å². The van der Waals surface area contributed by atoms with Crippen LogP contribution >= 0.6 is 11.3 Å². The summed E-state index contributed by atoms with van der Waals surface area (Å²) in [7, 11) is 1.77. The number of urea groups is 1. The molecule has 1 N–H and O–H groups in total. The van der Waals surface area contributed by atoms with Crippen LogP contribution in [0.2, 0.25) is 0 Å². The molecule has 0 bridgehead atoms. The van der Waals surface area contributed by atoms with Crippen molar-refractivity contribution >= 4 is 23.3 Å². The van der Waals surface area contributed by atoms with Gasteiger partial charge in [0.05, 0.1) is 13.0 Å². The fraction of sp³-hybridized carbons (Fsp3) is 0.500. The number of aliphatic carboxylic acids is 1. The topological polar surface area (TPSA) is 60.9 Å². The van der Waals surface area contributed by atoms with Crippen molar-refractivity contribution in [3.63, 3.8) is 0 Å². The molecule has 0 spiro atoms. The second-order valence-corrected chi connectivity index (χ2v) is 5.62. The highest BCUT2D eigenvalue weighted by Crippen LogP contribution is 2.21. The lowest BCUT2D eigenvalue weighted by atomic mass is 9.97. The molecular formula is C12H16N2O3S. The summed E-state index contributed by atoms with van der Waals surface area (Å²) in [6.45, 7) is 1.72. The lowest BCUT2D eigenvalue weighted by Crippen LogP contribution is -2.54.